The molecule has 3 rings (SSSR count). The van der Waals surface area contributed by atoms with Gasteiger partial charge in [0, 0.05) is 31.6 Å². The van der Waals surface area contributed by atoms with Crippen LogP contribution in [0, 0.1) is 17.5 Å². The van der Waals surface area contributed by atoms with E-state index in [1.54, 1.807) is 20.8 Å². The molecule has 42 heavy (non-hydrogen) atoms. The Morgan fingerprint density at radius 3 is 2.10 bits per heavy atom. The van der Waals surface area contributed by atoms with E-state index >= 15 is 0 Å². The van der Waals surface area contributed by atoms with Crippen LogP contribution in [0.4, 0.5) is 31.1 Å². The second-order valence-corrected chi connectivity index (χ2v) is 11.8. The molecular formula is C27H32F6N4O5. The standard InChI is InChI=1S/C27H32F6N4O5/c1-25(2,3)41-22(39)21-19-13-36(7-8-37(19)23(35-21)27(31,32)33)20(38)11-15(34-24(40)42-26(4,5)6)9-14-10-17(29)18(30)12-16(14)28/h10,12,15H,7-9,11,13H2,1-6H3,(H,34,40)/t15-/m1/s1. The number of alkyl carbamates (subject to hydrolysis) is 1. The first kappa shape index (κ1) is 32.7. The highest BCUT2D eigenvalue weighted by molar-refractivity contribution is 5.89. The second kappa shape index (κ2) is 11.8. The first-order valence-corrected chi connectivity index (χ1v) is 13.0. The third kappa shape index (κ3) is 8.38. The summed E-state index contributed by atoms with van der Waals surface area (Å²) >= 11 is 0. The molecule has 0 saturated heterocycles. The van der Waals surface area contributed by atoms with Gasteiger partial charge in [0.1, 0.15) is 17.0 Å². The van der Waals surface area contributed by atoms with Gasteiger partial charge in [-0.05, 0) is 59.6 Å². The first-order valence-electron chi connectivity index (χ1n) is 13.0. The fraction of sp³-hybridized carbons (Fsp3) is 0.556. The predicted molar refractivity (Wildman–Crippen MR) is 136 cm³/mol. The van der Waals surface area contributed by atoms with Crippen LogP contribution >= 0.6 is 0 Å². The number of carbonyl (C=O) groups excluding carboxylic acids is 3. The van der Waals surface area contributed by atoms with Crippen molar-refractivity contribution >= 4 is 18.0 Å². The third-order valence-electron chi connectivity index (χ3n) is 5.90. The largest absolute Gasteiger partial charge is 0.455 e. The minimum Gasteiger partial charge on any atom is -0.455 e. The molecule has 0 fully saturated rings. The lowest BCUT2D eigenvalue weighted by Crippen LogP contribution is -2.45. The molecule has 2 heterocycles. The summed E-state index contributed by atoms with van der Waals surface area (Å²) in [6.07, 6.45) is -6.82. The van der Waals surface area contributed by atoms with Gasteiger partial charge < -0.3 is 24.3 Å². The molecule has 0 radical (unpaired) electrons. The van der Waals surface area contributed by atoms with Gasteiger partial charge in [-0.2, -0.15) is 13.2 Å². The van der Waals surface area contributed by atoms with E-state index in [2.05, 4.69) is 10.3 Å². The lowest BCUT2D eigenvalue weighted by atomic mass is 10.0. The number of imidazole rings is 1. The van der Waals surface area contributed by atoms with Crippen molar-refractivity contribution in [2.24, 2.45) is 0 Å². The van der Waals surface area contributed by atoms with Crippen molar-refractivity contribution in [3.05, 3.63) is 52.4 Å². The zero-order valence-electron chi connectivity index (χ0n) is 23.9. The number of aromatic nitrogens is 2. The number of nitrogens with one attached hydrogen (secondary N) is 1. The van der Waals surface area contributed by atoms with Crippen LogP contribution in [0.3, 0.4) is 0 Å². The Labute approximate surface area is 238 Å². The lowest BCUT2D eigenvalue weighted by Gasteiger charge is -2.31. The summed E-state index contributed by atoms with van der Waals surface area (Å²) < 4.78 is 94.0. The minimum absolute atomic E-state index is 0.195. The number of hydrogen-bond donors (Lipinski definition) is 1. The molecule has 1 aromatic heterocycles. The third-order valence-corrected chi connectivity index (χ3v) is 5.90. The molecule has 1 aromatic carbocycles. The number of benzene rings is 1. The fourth-order valence-corrected chi connectivity index (χ4v) is 4.26. The number of carbonyl (C=O) groups is 3. The summed E-state index contributed by atoms with van der Waals surface area (Å²) in [5, 5.41) is 2.42. The average molecular weight is 607 g/mol. The van der Waals surface area contributed by atoms with Crippen molar-refractivity contribution in [1.29, 1.82) is 0 Å². The average Bonchev–Trinajstić information content (AvgIpc) is 3.20. The topological polar surface area (TPSA) is 103 Å². The van der Waals surface area contributed by atoms with Gasteiger partial charge in [-0.3, -0.25) is 4.79 Å². The molecule has 232 valence electrons. The summed E-state index contributed by atoms with van der Waals surface area (Å²) in [6, 6.07) is -0.252. The fourth-order valence-electron chi connectivity index (χ4n) is 4.26. The molecule has 9 nitrogen and oxygen atoms in total. The molecule has 1 aliphatic rings. The summed E-state index contributed by atoms with van der Waals surface area (Å²) in [5.41, 5.74) is -3.10. The molecule has 2 amide bonds. The van der Waals surface area contributed by atoms with Crippen molar-refractivity contribution in [1.82, 2.24) is 19.8 Å². The van der Waals surface area contributed by atoms with Crippen LogP contribution in [0.15, 0.2) is 12.1 Å². The number of rotatable bonds is 6. The van der Waals surface area contributed by atoms with Gasteiger partial charge in [0.05, 0.1) is 12.2 Å². The molecule has 0 bridgehead atoms. The molecule has 15 heteroatoms. The van der Waals surface area contributed by atoms with E-state index in [9.17, 15) is 40.7 Å². The van der Waals surface area contributed by atoms with E-state index in [0.717, 1.165) is 9.47 Å². The second-order valence-electron chi connectivity index (χ2n) is 11.8. The van der Waals surface area contributed by atoms with Gasteiger partial charge in [0.15, 0.2) is 17.3 Å². The van der Waals surface area contributed by atoms with Crippen LogP contribution in [0.25, 0.3) is 0 Å². The molecule has 2 aromatic rings. The van der Waals surface area contributed by atoms with Crippen LogP contribution in [-0.2, 0) is 40.0 Å². The molecule has 0 unspecified atom stereocenters. The maximum Gasteiger partial charge on any atom is 0.449 e. The quantitative estimate of drug-likeness (QED) is 0.278. The predicted octanol–water partition coefficient (Wildman–Crippen LogP) is 5.14. The van der Waals surface area contributed by atoms with Gasteiger partial charge in [-0.1, -0.05) is 0 Å². The van der Waals surface area contributed by atoms with Gasteiger partial charge in [-0.25, -0.2) is 27.7 Å². The van der Waals surface area contributed by atoms with E-state index in [4.69, 9.17) is 9.47 Å². The molecular weight excluding hydrogens is 574 g/mol. The van der Waals surface area contributed by atoms with Crippen LogP contribution in [-0.4, -0.2) is 56.2 Å². The first-order chi connectivity index (χ1) is 19.1. The monoisotopic (exact) mass is 606 g/mol. The smallest absolute Gasteiger partial charge is 0.449 e. The maximum absolute atomic E-state index is 14.4. The highest BCUT2D eigenvalue weighted by Gasteiger charge is 2.42. The van der Waals surface area contributed by atoms with E-state index in [1.807, 2.05) is 0 Å². The van der Waals surface area contributed by atoms with Gasteiger partial charge in [0.25, 0.3) is 0 Å². The Bertz CT molecular complexity index is 1360. The van der Waals surface area contributed by atoms with Gasteiger partial charge in [0.2, 0.25) is 11.7 Å². The van der Waals surface area contributed by atoms with E-state index < -0.39 is 89.7 Å². The highest BCUT2D eigenvalue weighted by Crippen LogP contribution is 2.33. The Balaban J connectivity index is 1.89. The molecule has 1 aliphatic heterocycles. The maximum atomic E-state index is 14.4. The Hall–Kier alpha value is -3.78. The Morgan fingerprint density at radius 2 is 1.52 bits per heavy atom. The minimum atomic E-state index is -4.89. The van der Waals surface area contributed by atoms with E-state index in [1.165, 1.54) is 20.8 Å². The van der Waals surface area contributed by atoms with Crippen molar-refractivity contribution in [3.8, 4) is 0 Å². The number of fused-ring (bicyclic) bond motifs is 1. The molecule has 0 aliphatic carbocycles. The number of alkyl halides is 3. The lowest BCUT2D eigenvalue weighted by molar-refractivity contribution is -0.148. The van der Waals surface area contributed by atoms with Crippen LogP contribution in [0.5, 0.6) is 0 Å². The normalized spacial score (nSPS) is 14.7. The van der Waals surface area contributed by atoms with Crippen molar-refractivity contribution < 1.29 is 50.2 Å². The van der Waals surface area contributed by atoms with Crippen molar-refractivity contribution in [2.45, 2.75) is 90.9 Å². The number of ether oxygens (including phenoxy) is 2. The number of esters is 1. The summed E-state index contributed by atoms with van der Waals surface area (Å²) in [7, 11) is 0. The van der Waals surface area contributed by atoms with E-state index in [0.29, 0.717) is 12.1 Å². The SMILES string of the molecule is CC(C)(C)OC(=O)N[C@@H](CC(=O)N1CCn2c(C(F)(F)F)nc(C(=O)OC(C)(C)C)c2C1)Cc1cc(F)c(F)cc1F. The van der Waals surface area contributed by atoms with Crippen molar-refractivity contribution in [2.75, 3.05) is 6.54 Å². The Morgan fingerprint density at radius 1 is 0.929 bits per heavy atom. The van der Waals surface area contributed by atoms with Crippen molar-refractivity contribution in [3.63, 3.8) is 0 Å². The summed E-state index contributed by atoms with van der Waals surface area (Å²) in [6.45, 7) is 8.31. The Kier molecular flexibility index (Phi) is 9.23. The van der Waals surface area contributed by atoms with Gasteiger partial charge >= 0.3 is 18.2 Å². The number of nitrogens with zero attached hydrogens (tertiary/aromatic N) is 3. The zero-order chi connectivity index (χ0) is 31.8. The van der Waals surface area contributed by atoms with E-state index in [-0.39, 0.29) is 24.3 Å². The molecule has 0 saturated carbocycles. The number of hydrogen-bond acceptors (Lipinski definition) is 6. The number of amides is 2. The zero-order valence-corrected chi connectivity index (χ0v) is 23.9. The van der Waals surface area contributed by atoms with Crippen LogP contribution < -0.4 is 5.32 Å². The van der Waals surface area contributed by atoms with Gasteiger partial charge in [-0.15, -0.1) is 0 Å². The molecule has 0 spiro atoms. The van der Waals surface area contributed by atoms with Crippen LogP contribution in [0.2, 0.25) is 0 Å². The summed E-state index contributed by atoms with van der Waals surface area (Å²) in [4.78, 5) is 43.2. The summed E-state index contributed by atoms with van der Waals surface area (Å²) in [5.74, 6) is -6.98. The molecule has 1 N–H and O–H groups in total. The number of halogens is 6. The van der Waals surface area contributed by atoms with Crippen LogP contribution in [0.1, 0.15) is 75.5 Å². The molecule has 1 atom stereocenters. The highest BCUT2D eigenvalue weighted by atomic mass is 19.4.